The van der Waals surface area contributed by atoms with Gasteiger partial charge in [-0.1, -0.05) is 18.5 Å². The molecule has 0 saturated carbocycles. The summed E-state index contributed by atoms with van der Waals surface area (Å²) in [7, 11) is 0. The molecule has 4 rings (SSSR count). The van der Waals surface area contributed by atoms with Gasteiger partial charge < -0.3 is 11.1 Å². The number of rotatable bonds is 5. The van der Waals surface area contributed by atoms with Crippen molar-refractivity contribution in [1.29, 1.82) is 0 Å². The molecule has 4 amide bonds. The van der Waals surface area contributed by atoms with Crippen LogP contribution < -0.4 is 16.4 Å². The zero-order valence-corrected chi connectivity index (χ0v) is 17.0. The highest BCUT2D eigenvalue weighted by atomic mass is 35.5. The number of likely N-dealkylation sites (tertiary alicyclic amines) is 1. The number of imide groups is 1. The lowest BCUT2D eigenvalue weighted by Crippen LogP contribution is -2.54. The van der Waals surface area contributed by atoms with Gasteiger partial charge in [0.25, 0.3) is 0 Å². The summed E-state index contributed by atoms with van der Waals surface area (Å²) in [6, 6.07) is 4.18. The molecular formula is C20H23ClN4O4. The Balaban J connectivity index is 1.85. The van der Waals surface area contributed by atoms with Crippen LogP contribution in [-0.4, -0.2) is 40.6 Å². The van der Waals surface area contributed by atoms with E-state index in [0.717, 1.165) is 0 Å². The standard InChI is InChI=1S/C20H23ClN4O4/c1-3-9(2)25-17(27)15-13(6-7-14(22)26)24-20(16(15)18(25)28)11-8-10(21)4-5-12(11)23-19(20)29/h4-5,8-9,13,15-16,24H,3,6-7H2,1-2H3,(H2,22,26)(H,23,29)/t9?,13?,15-,16+,20?/m1/s1. The van der Waals surface area contributed by atoms with E-state index in [9.17, 15) is 19.2 Å². The van der Waals surface area contributed by atoms with E-state index in [2.05, 4.69) is 10.6 Å². The average molecular weight is 419 g/mol. The number of anilines is 1. The lowest BCUT2D eigenvalue weighted by atomic mass is 9.76. The Bertz CT molecular complexity index is 935. The number of halogens is 1. The SMILES string of the molecule is CCC(C)N1C(=O)[C@@H]2C(CCC(N)=O)NC3(C(=O)Nc4ccc(Cl)cc43)[C@@H]2C1=O. The van der Waals surface area contributed by atoms with Crippen molar-refractivity contribution in [1.82, 2.24) is 10.2 Å². The summed E-state index contributed by atoms with van der Waals surface area (Å²) in [5.41, 5.74) is 5.02. The zero-order chi connectivity index (χ0) is 21.1. The van der Waals surface area contributed by atoms with Gasteiger partial charge in [-0.2, -0.15) is 0 Å². The van der Waals surface area contributed by atoms with Gasteiger partial charge in [-0.15, -0.1) is 0 Å². The van der Waals surface area contributed by atoms with Gasteiger partial charge in [-0.05, 0) is 38.0 Å². The highest BCUT2D eigenvalue weighted by Crippen LogP contribution is 2.54. The summed E-state index contributed by atoms with van der Waals surface area (Å²) in [5.74, 6) is -3.21. The van der Waals surface area contributed by atoms with Crippen LogP contribution in [0.2, 0.25) is 5.02 Å². The molecule has 8 nitrogen and oxygen atoms in total. The van der Waals surface area contributed by atoms with Crippen molar-refractivity contribution in [3.63, 3.8) is 0 Å². The molecule has 0 bridgehead atoms. The van der Waals surface area contributed by atoms with Gasteiger partial charge in [0.05, 0.1) is 11.8 Å². The van der Waals surface area contributed by atoms with E-state index < -0.39 is 35.2 Å². The first-order chi connectivity index (χ1) is 13.7. The third-order valence-electron chi connectivity index (χ3n) is 6.44. The lowest BCUT2D eigenvalue weighted by molar-refractivity contribution is -0.145. The molecule has 4 N–H and O–H groups in total. The highest BCUT2D eigenvalue weighted by molar-refractivity contribution is 6.31. The Morgan fingerprint density at radius 3 is 2.69 bits per heavy atom. The first-order valence-electron chi connectivity index (χ1n) is 9.76. The minimum Gasteiger partial charge on any atom is -0.370 e. The van der Waals surface area contributed by atoms with E-state index in [0.29, 0.717) is 22.7 Å². The smallest absolute Gasteiger partial charge is 0.250 e. The molecule has 0 radical (unpaired) electrons. The van der Waals surface area contributed by atoms with Crippen molar-refractivity contribution < 1.29 is 19.2 Å². The van der Waals surface area contributed by atoms with Gasteiger partial charge in [0.1, 0.15) is 5.54 Å². The van der Waals surface area contributed by atoms with Gasteiger partial charge >= 0.3 is 0 Å². The minimum atomic E-state index is -1.40. The molecule has 2 saturated heterocycles. The minimum absolute atomic E-state index is 0.0474. The molecule has 1 aromatic carbocycles. The number of nitrogens with two attached hydrogens (primary N) is 1. The van der Waals surface area contributed by atoms with Crippen molar-refractivity contribution in [2.24, 2.45) is 17.6 Å². The first kappa shape index (κ1) is 19.8. The number of amides is 4. The zero-order valence-electron chi connectivity index (χ0n) is 16.2. The fourth-order valence-corrected chi connectivity index (χ4v) is 5.13. The summed E-state index contributed by atoms with van der Waals surface area (Å²) in [4.78, 5) is 52.6. The number of nitrogens with zero attached hydrogens (tertiary/aromatic N) is 1. The van der Waals surface area contributed by atoms with E-state index in [1.54, 1.807) is 18.2 Å². The van der Waals surface area contributed by atoms with Gasteiger partial charge in [-0.25, -0.2) is 0 Å². The molecule has 2 fully saturated rings. The van der Waals surface area contributed by atoms with Crippen LogP contribution in [0.3, 0.4) is 0 Å². The monoisotopic (exact) mass is 418 g/mol. The third kappa shape index (κ3) is 2.69. The van der Waals surface area contributed by atoms with Crippen LogP contribution in [0.1, 0.15) is 38.7 Å². The second-order valence-corrected chi connectivity index (χ2v) is 8.45. The summed E-state index contributed by atoms with van der Waals surface area (Å²) < 4.78 is 0. The third-order valence-corrected chi connectivity index (χ3v) is 6.68. The molecule has 154 valence electrons. The fourth-order valence-electron chi connectivity index (χ4n) is 4.96. The van der Waals surface area contributed by atoms with Crippen molar-refractivity contribution >= 4 is 40.9 Å². The molecule has 0 aromatic heterocycles. The first-order valence-corrected chi connectivity index (χ1v) is 10.1. The average Bonchev–Trinajstić information content (AvgIpc) is 3.25. The van der Waals surface area contributed by atoms with Crippen LogP contribution >= 0.6 is 11.6 Å². The summed E-state index contributed by atoms with van der Waals surface area (Å²) in [5, 5.41) is 6.49. The molecular weight excluding hydrogens is 396 g/mol. The second kappa shape index (κ2) is 6.81. The molecule has 3 aliphatic heterocycles. The quantitative estimate of drug-likeness (QED) is 0.618. The second-order valence-electron chi connectivity index (χ2n) is 8.02. The summed E-state index contributed by atoms with van der Waals surface area (Å²) in [6.07, 6.45) is 0.915. The topological polar surface area (TPSA) is 122 Å². The Kier molecular flexibility index (Phi) is 4.66. The van der Waals surface area contributed by atoms with E-state index >= 15 is 0 Å². The largest absolute Gasteiger partial charge is 0.370 e. The van der Waals surface area contributed by atoms with Crippen molar-refractivity contribution in [2.45, 2.75) is 50.7 Å². The van der Waals surface area contributed by atoms with Crippen molar-refractivity contribution in [3.05, 3.63) is 28.8 Å². The fraction of sp³-hybridized carbons (Fsp3) is 0.500. The van der Waals surface area contributed by atoms with E-state index in [4.69, 9.17) is 17.3 Å². The number of carbonyl (C=O) groups is 4. The predicted octanol–water partition coefficient (Wildman–Crippen LogP) is 1.12. The van der Waals surface area contributed by atoms with Crippen LogP contribution in [0.5, 0.6) is 0 Å². The van der Waals surface area contributed by atoms with Gasteiger partial charge in [0.15, 0.2) is 0 Å². The number of primary amides is 1. The van der Waals surface area contributed by atoms with E-state index in [1.807, 2.05) is 13.8 Å². The summed E-state index contributed by atoms with van der Waals surface area (Å²) >= 11 is 6.19. The van der Waals surface area contributed by atoms with Crippen LogP contribution in [0.4, 0.5) is 5.69 Å². The van der Waals surface area contributed by atoms with Crippen molar-refractivity contribution in [2.75, 3.05) is 5.32 Å². The Labute approximate surface area is 173 Å². The van der Waals surface area contributed by atoms with Gasteiger partial charge in [0.2, 0.25) is 23.6 Å². The maximum absolute atomic E-state index is 13.4. The Morgan fingerprint density at radius 1 is 1.31 bits per heavy atom. The molecule has 5 atom stereocenters. The molecule has 3 heterocycles. The normalized spacial score (nSPS) is 31.2. The van der Waals surface area contributed by atoms with Crippen LogP contribution in [-0.2, 0) is 24.7 Å². The molecule has 29 heavy (non-hydrogen) atoms. The number of hydrogen-bond acceptors (Lipinski definition) is 5. The van der Waals surface area contributed by atoms with E-state index in [-0.39, 0.29) is 30.7 Å². The Hall–Kier alpha value is -2.45. The lowest BCUT2D eigenvalue weighted by Gasteiger charge is -2.31. The molecule has 3 aliphatic rings. The number of carbonyl (C=O) groups excluding carboxylic acids is 4. The predicted molar refractivity (Wildman–Crippen MR) is 106 cm³/mol. The maximum atomic E-state index is 13.4. The number of benzene rings is 1. The highest BCUT2D eigenvalue weighted by Gasteiger charge is 2.70. The number of hydrogen-bond donors (Lipinski definition) is 3. The van der Waals surface area contributed by atoms with Crippen LogP contribution in [0.25, 0.3) is 0 Å². The molecule has 3 unspecified atom stereocenters. The molecule has 1 aromatic rings. The van der Waals surface area contributed by atoms with Crippen LogP contribution in [0.15, 0.2) is 18.2 Å². The summed E-state index contributed by atoms with van der Waals surface area (Å²) in [6.45, 7) is 3.71. The van der Waals surface area contributed by atoms with Gasteiger partial charge in [-0.3, -0.25) is 29.4 Å². The maximum Gasteiger partial charge on any atom is 0.250 e. The number of nitrogens with one attached hydrogen (secondary N) is 2. The van der Waals surface area contributed by atoms with Crippen molar-refractivity contribution in [3.8, 4) is 0 Å². The molecule has 9 heteroatoms. The number of fused-ring (bicyclic) bond motifs is 4. The Morgan fingerprint density at radius 2 is 2.03 bits per heavy atom. The molecule has 1 spiro atoms. The van der Waals surface area contributed by atoms with Gasteiger partial charge in [0, 0.05) is 34.8 Å². The van der Waals surface area contributed by atoms with E-state index in [1.165, 1.54) is 4.90 Å². The molecule has 0 aliphatic carbocycles. The van der Waals surface area contributed by atoms with Crippen LogP contribution in [0, 0.1) is 11.8 Å².